The van der Waals surface area contributed by atoms with Crippen LogP contribution in [0.1, 0.15) is 27.7 Å². The lowest BCUT2D eigenvalue weighted by molar-refractivity contribution is -0.404. The monoisotopic (exact) mass is 515 g/mol. The van der Waals surface area contributed by atoms with Crippen molar-refractivity contribution in [2.45, 2.75) is 27.7 Å². The van der Waals surface area contributed by atoms with Gasteiger partial charge in [0.1, 0.15) is 13.2 Å². The number of phenolic OH excluding ortho intramolecular Hbond substituents is 1. The van der Waals surface area contributed by atoms with Gasteiger partial charge < -0.3 is 24.4 Å². The Kier molecular flexibility index (Phi) is 14.8. The Morgan fingerprint density at radius 2 is 1.11 bits per heavy atom. The lowest BCUT2D eigenvalue weighted by Gasteiger charge is -2.19. The molecule has 36 heavy (non-hydrogen) atoms. The van der Waals surface area contributed by atoms with Crippen LogP contribution < -0.4 is 0 Å². The number of nitro groups is 3. The molecule has 1 aromatic carbocycles. The van der Waals surface area contributed by atoms with E-state index in [4.69, 9.17) is 25.4 Å². The highest BCUT2D eigenvalue weighted by Crippen LogP contribution is 2.38. The summed E-state index contributed by atoms with van der Waals surface area (Å²) in [5, 5.41) is 55.5. The molecule has 0 bridgehead atoms. The molecule has 0 aliphatic carbocycles. The van der Waals surface area contributed by atoms with Crippen molar-refractivity contribution in [2.24, 2.45) is 0 Å². The Balaban J connectivity index is 0.000000696. The Morgan fingerprint density at radius 3 is 1.36 bits per heavy atom. The fourth-order valence-corrected chi connectivity index (χ4v) is 2.74. The van der Waals surface area contributed by atoms with Gasteiger partial charge in [-0.05, 0) is 26.2 Å². The van der Waals surface area contributed by atoms with Crippen molar-refractivity contribution >= 4 is 28.9 Å². The summed E-state index contributed by atoms with van der Waals surface area (Å²) >= 11 is 0. The van der Waals surface area contributed by atoms with Crippen molar-refractivity contribution in [3.05, 3.63) is 42.5 Å². The van der Waals surface area contributed by atoms with E-state index in [1.54, 1.807) is 0 Å². The third kappa shape index (κ3) is 11.0. The molecule has 0 aromatic heterocycles. The molecule has 0 heterocycles. The van der Waals surface area contributed by atoms with E-state index in [2.05, 4.69) is 37.5 Å². The first-order chi connectivity index (χ1) is 16.9. The van der Waals surface area contributed by atoms with Gasteiger partial charge in [0.15, 0.2) is 0 Å². The normalized spacial score (nSPS) is 10.4. The highest BCUT2D eigenvalue weighted by atomic mass is 16.6. The zero-order valence-corrected chi connectivity index (χ0v) is 20.8. The van der Waals surface area contributed by atoms with E-state index in [1.165, 1.54) is 0 Å². The van der Waals surface area contributed by atoms with Gasteiger partial charge in [0.2, 0.25) is 0 Å². The Labute approximate surface area is 207 Å². The van der Waals surface area contributed by atoms with E-state index in [0.717, 1.165) is 39.3 Å². The molecule has 0 radical (unpaired) electrons. The minimum atomic E-state index is -1.21. The highest BCUT2D eigenvalue weighted by molar-refractivity contribution is 6.32. The van der Waals surface area contributed by atoms with Crippen molar-refractivity contribution in [2.75, 3.05) is 52.5 Å². The number of nitrogens with one attached hydrogen (secondary N) is 2. The third-order valence-electron chi connectivity index (χ3n) is 4.96. The molecule has 0 saturated carbocycles. The maximum Gasteiger partial charge on any atom is 0.324 e. The molecule has 0 aliphatic rings. The quantitative estimate of drug-likeness (QED) is 0.150. The minimum Gasteiger partial charge on any atom is -0.497 e. The van der Waals surface area contributed by atoms with Crippen LogP contribution in [0.25, 0.3) is 0 Å². The van der Waals surface area contributed by atoms with Gasteiger partial charge in [-0.25, -0.2) is 0 Å². The Hall–Kier alpha value is -3.92. The van der Waals surface area contributed by atoms with E-state index in [-0.39, 0.29) is 11.8 Å². The number of nitrogens with zero attached hydrogens (tertiary/aromatic N) is 5. The van der Waals surface area contributed by atoms with Crippen molar-refractivity contribution in [3.8, 4) is 5.75 Å². The first kappa shape index (κ1) is 32.1. The summed E-state index contributed by atoms with van der Waals surface area (Å²) in [6.45, 7) is 14.6. The summed E-state index contributed by atoms with van der Waals surface area (Å²) in [5.74, 6) is -1.57. The van der Waals surface area contributed by atoms with E-state index in [0.29, 0.717) is 25.3 Å². The van der Waals surface area contributed by atoms with Crippen LogP contribution in [0.3, 0.4) is 0 Å². The third-order valence-corrected chi connectivity index (χ3v) is 4.96. The minimum absolute atomic E-state index is 0.184. The van der Waals surface area contributed by atoms with Gasteiger partial charge >= 0.3 is 11.4 Å². The molecule has 0 amide bonds. The fraction of sp³-hybridized carbons (Fsp3) is 0.600. The maximum atomic E-state index is 10.4. The number of nitro benzene ring substituents is 3. The van der Waals surface area contributed by atoms with Crippen molar-refractivity contribution in [3.63, 3.8) is 0 Å². The molecule has 0 unspecified atom stereocenters. The number of aromatic hydroxyl groups is 1. The fourth-order valence-electron chi connectivity index (χ4n) is 2.74. The molecule has 0 spiro atoms. The highest BCUT2D eigenvalue weighted by Gasteiger charge is 2.30. The van der Waals surface area contributed by atoms with Gasteiger partial charge in [0.25, 0.3) is 23.2 Å². The van der Waals surface area contributed by atoms with Crippen LogP contribution in [-0.4, -0.2) is 94.0 Å². The Bertz CT molecular complexity index is 856. The number of rotatable bonds is 13. The SMILES string of the molecule is CCN(CC)CCOC(=N)C(=N)OCCN(CC)CC.O=[N+]([O-])c1cc([N+](=O)[O-])c(O)c([N+](=O)[O-])c1. The van der Waals surface area contributed by atoms with Crippen molar-refractivity contribution in [1.82, 2.24) is 9.80 Å². The molecular formula is C20H33N7O9. The van der Waals surface area contributed by atoms with Gasteiger partial charge in [-0.1, -0.05) is 27.7 Å². The summed E-state index contributed by atoms with van der Waals surface area (Å²) < 4.78 is 10.5. The topological polar surface area (TPSA) is 222 Å². The molecule has 16 heteroatoms. The predicted molar refractivity (Wildman–Crippen MR) is 131 cm³/mol. The lowest BCUT2D eigenvalue weighted by atomic mass is 10.2. The Morgan fingerprint density at radius 1 is 0.778 bits per heavy atom. The van der Waals surface area contributed by atoms with Crippen LogP contribution in [0, 0.1) is 41.2 Å². The average molecular weight is 516 g/mol. The summed E-state index contributed by atoms with van der Waals surface area (Å²) in [6.07, 6.45) is 0. The molecule has 0 fully saturated rings. The van der Waals surface area contributed by atoms with E-state index < -0.39 is 37.6 Å². The maximum absolute atomic E-state index is 10.4. The van der Waals surface area contributed by atoms with Crippen LogP contribution in [0.4, 0.5) is 17.1 Å². The molecule has 0 saturated heterocycles. The first-order valence-electron chi connectivity index (χ1n) is 11.1. The number of non-ortho nitro benzene ring substituents is 1. The molecule has 1 rings (SSSR count). The van der Waals surface area contributed by atoms with Gasteiger partial charge in [-0.2, -0.15) is 0 Å². The molecule has 0 atom stereocenters. The second-order valence-corrected chi connectivity index (χ2v) is 7.01. The second kappa shape index (κ2) is 16.7. The van der Waals surface area contributed by atoms with E-state index >= 15 is 0 Å². The smallest absolute Gasteiger partial charge is 0.324 e. The molecule has 0 aliphatic heterocycles. The number of likely N-dealkylation sites (N-methyl/N-ethyl adjacent to an activating group) is 2. The molecule has 3 N–H and O–H groups in total. The summed E-state index contributed by atoms with van der Waals surface area (Å²) in [7, 11) is 0. The van der Waals surface area contributed by atoms with Crippen molar-refractivity contribution < 1.29 is 29.4 Å². The first-order valence-corrected chi connectivity index (χ1v) is 11.1. The molecule has 202 valence electrons. The van der Waals surface area contributed by atoms with Crippen LogP contribution in [-0.2, 0) is 9.47 Å². The number of hydrogen-bond acceptors (Lipinski definition) is 13. The molecule has 1 aromatic rings. The van der Waals surface area contributed by atoms with Crippen molar-refractivity contribution in [1.29, 1.82) is 10.8 Å². The zero-order valence-electron chi connectivity index (χ0n) is 20.8. The number of hydrogen-bond donors (Lipinski definition) is 3. The van der Waals surface area contributed by atoms with E-state index in [9.17, 15) is 30.3 Å². The molecule has 16 nitrogen and oxygen atoms in total. The summed E-state index contributed by atoms with van der Waals surface area (Å²) in [6, 6.07) is 0.894. The van der Waals surface area contributed by atoms with Gasteiger partial charge in [-0.15, -0.1) is 0 Å². The van der Waals surface area contributed by atoms with Crippen LogP contribution in [0.15, 0.2) is 12.1 Å². The molecular weight excluding hydrogens is 482 g/mol. The number of ether oxygens (including phenoxy) is 2. The number of phenols is 1. The average Bonchev–Trinajstić information content (AvgIpc) is 2.84. The lowest BCUT2D eigenvalue weighted by Crippen LogP contribution is -2.31. The standard InChI is InChI=1S/C14H30N4O2.C6H3N3O7/c1-5-17(6-2)9-11-19-13(15)14(16)20-12-10-18(7-3)8-4;10-6-4(8(13)14)1-3(7(11)12)2-5(6)9(15)16/h15-16H,5-12H2,1-4H3;1-2,10H. The van der Waals surface area contributed by atoms with E-state index in [1.807, 2.05) is 0 Å². The summed E-state index contributed by atoms with van der Waals surface area (Å²) in [4.78, 5) is 32.2. The second-order valence-electron chi connectivity index (χ2n) is 7.01. The van der Waals surface area contributed by atoms with Crippen LogP contribution in [0.2, 0.25) is 0 Å². The largest absolute Gasteiger partial charge is 0.497 e. The number of benzene rings is 1. The predicted octanol–water partition coefficient (Wildman–Crippen LogP) is 2.77. The van der Waals surface area contributed by atoms with Gasteiger partial charge in [0.05, 0.1) is 26.9 Å². The van der Waals surface area contributed by atoms with Gasteiger partial charge in [-0.3, -0.25) is 41.2 Å². The van der Waals surface area contributed by atoms with Crippen LogP contribution >= 0.6 is 0 Å². The zero-order chi connectivity index (χ0) is 27.8. The van der Waals surface area contributed by atoms with Crippen LogP contribution in [0.5, 0.6) is 5.75 Å². The summed E-state index contributed by atoms with van der Waals surface area (Å²) in [5.41, 5.74) is -3.00. The van der Waals surface area contributed by atoms with Gasteiger partial charge in [0, 0.05) is 13.1 Å².